The summed E-state index contributed by atoms with van der Waals surface area (Å²) >= 11 is 3.51. The van der Waals surface area contributed by atoms with Gasteiger partial charge in [0.05, 0.1) is 0 Å². The standard InChI is InChI=1S/C15H13NS2/c1-2-5-14(16-10-12-7-9-17-11-12)13(4-1)15-6-3-8-18-15/h1-9,11,16H,10H2. The number of hydrogen-bond donors (Lipinski definition) is 1. The van der Waals surface area contributed by atoms with Gasteiger partial charge < -0.3 is 5.32 Å². The number of benzene rings is 1. The van der Waals surface area contributed by atoms with Crippen LogP contribution >= 0.6 is 22.7 Å². The van der Waals surface area contributed by atoms with Crippen LogP contribution in [0.5, 0.6) is 0 Å². The van der Waals surface area contributed by atoms with Crippen molar-refractivity contribution in [2.75, 3.05) is 5.32 Å². The Balaban J connectivity index is 1.84. The van der Waals surface area contributed by atoms with E-state index in [0.717, 1.165) is 6.54 Å². The first-order valence-electron chi connectivity index (χ1n) is 5.81. The monoisotopic (exact) mass is 271 g/mol. The van der Waals surface area contributed by atoms with E-state index in [4.69, 9.17) is 0 Å². The van der Waals surface area contributed by atoms with Gasteiger partial charge in [0, 0.05) is 22.7 Å². The average Bonchev–Trinajstić information content (AvgIpc) is 3.10. The van der Waals surface area contributed by atoms with Gasteiger partial charge in [0.2, 0.25) is 0 Å². The maximum Gasteiger partial charge on any atom is 0.0430 e. The maximum absolute atomic E-state index is 3.52. The van der Waals surface area contributed by atoms with Crippen molar-refractivity contribution in [2.24, 2.45) is 0 Å². The van der Waals surface area contributed by atoms with Crippen molar-refractivity contribution in [2.45, 2.75) is 6.54 Å². The van der Waals surface area contributed by atoms with Crippen LogP contribution in [0, 0.1) is 0 Å². The van der Waals surface area contributed by atoms with Crippen LogP contribution in [0.3, 0.4) is 0 Å². The smallest absolute Gasteiger partial charge is 0.0430 e. The lowest BCUT2D eigenvalue weighted by atomic mass is 10.1. The number of anilines is 1. The Labute approximate surface area is 115 Å². The van der Waals surface area contributed by atoms with Crippen LogP contribution in [-0.2, 0) is 6.54 Å². The summed E-state index contributed by atoms with van der Waals surface area (Å²) in [6, 6.07) is 14.9. The largest absolute Gasteiger partial charge is 0.380 e. The third-order valence-corrected chi connectivity index (χ3v) is 4.41. The molecule has 0 atom stereocenters. The van der Waals surface area contributed by atoms with Gasteiger partial charge in [0.15, 0.2) is 0 Å². The van der Waals surface area contributed by atoms with E-state index in [9.17, 15) is 0 Å². The Hall–Kier alpha value is -1.58. The number of nitrogens with one attached hydrogen (secondary N) is 1. The van der Waals surface area contributed by atoms with E-state index < -0.39 is 0 Å². The van der Waals surface area contributed by atoms with Crippen molar-refractivity contribution in [3.05, 3.63) is 64.2 Å². The zero-order valence-corrected chi connectivity index (χ0v) is 11.4. The van der Waals surface area contributed by atoms with Gasteiger partial charge in [-0.25, -0.2) is 0 Å². The van der Waals surface area contributed by atoms with Crippen LogP contribution in [0.4, 0.5) is 5.69 Å². The minimum absolute atomic E-state index is 0.881. The van der Waals surface area contributed by atoms with E-state index in [0.29, 0.717) is 0 Å². The Morgan fingerprint density at radius 3 is 2.67 bits per heavy atom. The highest BCUT2D eigenvalue weighted by Gasteiger charge is 2.04. The summed E-state index contributed by atoms with van der Waals surface area (Å²) in [5.41, 5.74) is 3.81. The normalized spacial score (nSPS) is 10.4. The van der Waals surface area contributed by atoms with Crippen molar-refractivity contribution in [3.8, 4) is 10.4 Å². The van der Waals surface area contributed by atoms with Crippen molar-refractivity contribution in [1.29, 1.82) is 0 Å². The third-order valence-electron chi connectivity index (χ3n) is 2.78. The van der Waals surface area contributed by atoms with Crippen molar-refractivity contribution in [3.63, 3.8) is 0 Å². The summed E-state index contributed by atoms with van der Waals surface area (Å²) in [6.07, 6.45) is 0. The second-order valence-electron chi connectivity index (χ2n) is 4.01. The van der Waals surface area contributed by atoms with Crippen molar-refractivity contribution >= 4 is 28.4 Å². The van der Waals surface area contributed by atoms with Crippen LogP contribution in [0.2, 0.25) is 0 Å². The first-order chi connectivity index (χ1) is 8.93. The summed E-state index contributed by atoms with van der Waals surface area (Å²) in [5.74, 6) is 0. The molecule has 0 aliphatic carbocycles. The van der Waals surface area contributed by atoms with Crippen LogP contribution < -0.4 is 5.32 Å². The SMILES string of the molecule is c1csc(-c2ccccc2NCc2ccsc2)c1. The topological polar surface area (TPSA) is 12.0 Å². The molecule has 0 saturated heterocycles. The first-order valence-corrected chi connectivity index (χ1v) is 7.63. The molecule has 0 aliphatic heterocycles. The molecular weight excluding hydrogens is 258 g/mol. The summed E-state index contributed by atoms with van der Waals surface area (Å²) in [7, 11) is 0. The number of hydrogen-bond acceptors (Lipinski definition) is 3. The van der Waals surface area contributed by atoms with E-state index in [1.54, 1.807) is 22.7 Å². The molecule has 0 radical (unpaired) electrons. The molecule has 0 amide bonds. The number of rotatable bonds is 4. The molecular formula is C15H13NS2. The lowest BCUT2D eigenvalue weighted by molar-refractivity contribution is 1.17. The third kappa shape index (κ3) is 2.47. The summed E-state index contributed by atoms with van der Waals surface area (Å²) in [5, 5.41) is 9.93. The second-order valence-corrected chi connectivity index (χ2v) is 5.74. The molecule has 0 fully saturated rings. The predicted octanol–water partition coefficient (Wildman–Crippen LogP) is 5.09. The molecule has 2 heterocycles. The highest BCUT2D eigenvalue weighted by molar-refractivity contribution is 7.13. The van der Waals surface area contributed by atoms with E-state index in [1.807, 2.05) is 0 Å². The Morgan fingerprint density at radius 1 is 0.944 bits per heavy atom. The Kier molecular flexibility index (Phi) is 3.44. The molecule has 0 aliphatic rings. The van der Waals surface area contributed by atoms with Gasteiger partial charge in [-0.05, 0) is 39.9 Å². The van der Waals surface area contributed by atoms with Gasteiger partial charge in [0.1, 0.15) is 0 Å². The van der Waals surface area contributed by atoms with Gasteiger partial charge in [-0.15, -0.1) is 11.3 Å². The van der Waals surface area contributed by atoms with Crippen LogP contribution in [0.15, 0.2) is 58.6 Å². The molecule has 3 aromatic rings. The predicted molar refractivity (Wildman–Crippen MR) is 81.4 cm³/mol. The first kappa shape index (κ1) is 11.5. The molecule has 2 aromatic heterocycles. The average molecular weight is 271 g/mol. The fourth-order valence-corrected chi connectivity index (χ4v) is 3.31. The van der Waals surface area contributed by atoms with Crippen molar-refractivity contribution in [1.82, 2.24) is 0 Å². The van der Waals surface area contributed by atoms with Crippen LogP contribution in [0.25, 0.3) is 10.4 Å². The summed E-state index contributed by atoms with van der Waals surface area (Å²) in [6.45, 7) is 0.881. The van der Waals surface area contributed by atoms with E-state index in [1.165, 1.54) is 21.7 Å². The molecule has 0 bridgehead atoms. The molecule has 1 N–H and O–H groups in total. The molecule has 18 heavy (non-hydrogen) atoms. The fraction of sp³-hybridized carbons (Fsp3) is 0.0667. The molecule has 90 valence electrons. The molecule has 0 unspecified atom stereocenters. The van der Waals surface area contributed by atoms with E-state index in [2.05, 4.69) is 63.9 Å². The quantitative estimate of drug-likeness (QED) is 0.697. The molecule has 0 spiro atoms. The minimum atomic E-state index is 0.881. The molecule has 1 aromatic carbocycles. The number of thiophene rings is 2. The molecule has 0 saturated carbocycles. The van der Waals surface area contributed by atoms with E-state index >= 15 is 0 Å². The minimum Gasteiger partial charge on any atom is -0.380 e. The highest BCUT2D eigenvalue weighted by atomic mass is 32.1. The number of para-hydroxylation sites is 1. The van der Waals surface area contributed by atoms with Gasteiger partial charge in [-0.3, -0.25) is 0 Å². The van der Waals surface area contributed by atoms with Crippen LogP contribution in [0.1, 0.15) is 5.56 Å². The summed E-state index contributed by atoms with van der Waals surface area (Å²) in [4.78, 5) is 1.31. The van der Waals surface area contributed by atoms with Crippen LogP contribution in [-0.4, -0.2) is 0 Å². The maximum atomic E-state index is 3.52. The second kappa shape index (κ2) is 5.38. The Morgan fingerprint density at radius 2 is 1.89 bits per heavy atom. The lowest BCUT2D eigenvalue weighted by Crippen LogP contribution is -1.99. The molecule has 3 heteroatoms. The van der Waals surface area contributed by atoms with Gasteiger partial charge in [0.25, 0.3) is 0 Å². The summed E-state index contributed by atoms with van der Waals surface area (Å²) < 4.78 is 0. The van der Waals surface area contributed by atoms with E-state index in [-0.39, 0.29) is 0 Å². The molecule has 3 rings (SSSR count). The zero-order valence-electron chi connectivity index (χ0n) is 9.80. The Bertz CT molecular complexity index is 597. The van der Waals surface area contributed by atoms with Gasteiger partial charge in [-0.2, -0.15) is 11.3 Å². The highest BCUT2D eigenvalue weighted by Crippen LogP contribution is 2.31. The fourth-order valence-electron chi connectivity index (χ4n) is 1.87. The zero-order chi connectivity index (χ0) is 12.2. The van der Waals surface area contributed by atoms with Gasteiger partial charge in [-0.1, -0.05) is 24.3 Å². The molecule has 1 nitrogen and oxygen atoms in total. The van der Waals surface area contributed by atoms with Gasteiger partial charge >= 0.3 is 0 Å². The van der Waals surface area contributed by atoms with Crippen molar-refractivity contribution < 1.29 is 0 Å². The lowest BCUT2D eigenvalue weighted by Gasteiger charge is -2.10.